The summed E-state index contributed by atoms with van der Waals surface area (Å²) in [5.74, 6) is -0.265. The first-order valence-corrected chi connectivity index (χ1v) is 11.2. The Labute approximate surface area is 173 Å². The first-order valence-electron chi connectivity index (χ1n) is 8.74. The molecule has 1 heterocycles. The molecule has 0 bridgehead atoms. The highest BCUT2D eigenvalue weighted by Crippen LogP contribution is 2.41. The average Bonchev–Trinajstić information content (AvgIpc) is 3.29. The van der Waals surface area contributed by atoms with Crippen LogP contribution in [0.5, 0.6) is 0 Å². The number of carbonyl (C=O) groups excluding carboxylic acids is 1. The number of hydrogen-bond donors (Lipinski definition) is 3. The van der Waals surface area contributed by atoms with E-state index in [2.05, 4.69) is 10.4 Å². The van der Waals surface area contributed by atoms with Gasteiger partial charge in [-0.25, -0.2) is 9.65 Å². The van der Waals surface area contributed by atoms with E-state index in [1.54, 1.807) is 41.7 Å². The first-order chi connectivity index (χ1) is 13.9. The van der Waals surface area contributed by atoms with Gasteiger partial charge in [-0.2, -0.15) is 0 Å². The Balaban J connectivity index is 1.68. The van der Waals surface area contributed by atoms with Gasteiger partial charge in [0, 0.05) is 31.2 Å². The maximum absolute atomic E-state index is 12.6. The van der Waals surface area contributed by atoms with Crippen molar-refractivity contribution in [1.82, 2.24) is 5.09 Å². The van der Waals surface area contributed by atoms with Gasteiger partial charge in [0.2, 0.25) is 0 Å². The third-order valence-electron chi connectivity index (χ3n) is 4.28. The number of rotatable bonds is 8. The molecule has 0 spiro atoms. The lowest BCUT2D eigenvalue weighted by Crippen LogP contribution is -2.14. The predicted octanol–water partition coefficient (Wildman–Crippen LogP) is 4.74. The van der Waals surface area contributed by atoms with Crippen LogP contribution in [0, 0.1) is 0 Å². The SMILES string of the molecule is COP(=O)(NCc1ccc(C(=O)Nc2cc(-c3cccs3)ccc2N)cc1)OC. The predicted molar refractivity (Wildman–Crippen MR) is 117 cm³/mol. The van der Waals surface area contributed by atoms with E-state index in [9.17, 15) is 9.36 Å². The number of benzene rings is 2. The lowest BCUT2D eigenvalue weighted by molar-refractivity contribution is 0.102. The quantitative estimate of drug-likeness (QED) is 0.352. The zero-order valence-corrected chi connectivity index (χ0v) is 17.8. The van der Waals surface area contributed by atoms with E-state index < -0.39 is 7.75 Å². The Kier molecular flexibility index (Phi) is 6.84. The topological polar surface area (TPSA) is 103 Å². The van der Waals surface area contributed by atoms with Crippen LogP contribution in [0.2, 0.25) is 0 Å². The molecule has 152 valence electrons. The Morgan fingerprint density at radius 2 is 1.83 bits per heavy atom. The molecule has 1 aromatic heterocycles. The molecule has 7 nitrogen and oxygen atoms in total. The molecule has 9 heteroatoms. The molecule has 0 aliphatic carbocycles. The maximum Gasteiger partial charge on any atom is 0.405 e. The second-order valence-corrected chi connectivity index (χ2v) is 9.12. The first kappa shape index (κ1) is 21.2. The van der Waals surface area contributed by atoms with Gasteiger partial charge in [0.1, 0.15) is 0 Å². The van der Waals surface area contributed by atoms with Crippen molar-refractivity contribution >= 4 is 36.4 Å². The minimum Gasteiger partial charge on any atom is -0.397 e. The fourth-order valence-corrected chi connectivity index (χ4v) is 4.13. The van der Waals surface area contributed by atoms with Crippen molar-refractivity contribution < 1.29 is 18.4 Å². The molecule has 0 aliphatic heterocycles. The highest BCUT2D eigenvalue weighted by Gasteiger charge is 2.19. The zero-order chi connectivity index (χ0) is 20.9. The molecule has 0 unspecified atom stereocenters. The normalized spacial score (nSPS) is 11.4. The molecule has 3 rings (SSSR count). The van der Waals surface area contributed by atoms with E-state index in [4.69, 9.17) is 14.8 Å². The Morgan fingerprint density at radius 1 is 1.10 bits per heavy atom. The van der Waals surface area contributed by atoms with Crippen molar-refractivity contribution in [3.8, 4) is 10.4 Å². The molecular formula is C20H22N3O4PS. The highest BCUT2D eigenvalue weighted by atomic mass is 32.1. The summed E-state index contributed by atoms with van der Waals surface area (Å²) < 4.78 is 21.7. The highest BCUT2D eigenvalue weighted by molar-refractivity contribution is 7.51. The fourth-order valence-electron chi connectivity index (χ4n) is 2.62. The number of carbonyl (C=O) groups is 1. The minimum absolute atomic E-state index is 0.265. The molecule has 2 aromatic carbocycles. The van der Waals surface area contributed by atoms with E-state index in [0.717, 1.165) is 16.0 Å². The van der Waals surface area contributed by atoms with Crippen molar-refractivity contribution in [3.63, 3.8) is 0 Å². The molecule has 29 heavy (non-hydrogen) atoms. The van der Waals surface area contributed by atoms with Crippen LogP contribution in [-0.2, 0) is 20.2 Å². The number of nitrogen functional groups attached to an aromatic ring is 1. The molecule has 1 amide bonds. The molecule has 4 N–H and O–H groups in total. The summed E-state index contributed by atoms with van der Waals surface area (Å²) in [6, 6.07) is 16.5. The summed E-state index contributed by atoms with van der Waals surface area (Å²) in [7, 11) is -0.678. The lowest BCUT2D eigenvalue weighted by Gasteiger charge is -2.14. The third-order valence-corrected chi connectivity index (χ3v) is 6.71. The monoisotopic (exact) mass is 431 g/mol. The van der Waals surface area contributed by atoms with Crippen LogP contribution in [0.3, 0.4) is 0 Å². The van der Waals surface area contributed by atoms with Crippen LogP contribution < -0.4 is 16.1 Å². The molecule has 0 atom stereocenters. The molecule has 0 saturated heterocycles. The van der Waals surface area contributed by atoms with Gasteiger partial charge >= 0.3 is 7.75 Å². The maximum atomic E-state index is 12.6. The lowest BCUT2D eigenvalue weighted by atomic mass is 10.1. The average molecular weight is 431 g/mol. The summed E-state index contributed by atoms with van der Waals surface area (Å²) in [6.07, 6.45) is 0. The van der Waals surface area contributed by atoms with Gasteiger partial charge < -0.3 is 20.1 Å². The van der Waals surface area contributed by atoms with Gasteiger partial charge in [-0.15, -0.1) is 11.3 Å². The van der Waals surface area contributed by atoms with Crippen molar-refractivity contribution in [2.24, 2.45) is 0 Å². The fraction of sp³-hybridized carbons (Fsp3) is 0.150. The van der Waals surface area contributed by atoms with E-state index in [-0.39, 0.29) is 12.5 Å². The number of nitrogens with one attached hydrogen (secondary N) is 2. The van der Waals surface area contributed by atoms with E-state index in [1.807, 2.05) is 29.6 Å². The van der Waals surface area contributed by atoms with Crippen LogP contribution in [0.1, 0.15) is 15.9 Å². The molecule has 0 radical (unpaired) electrons. The van der Waals surface area contributed by atoms with Crippen LogP contribution in [0.15, 0.2) is 60.0 Å². The van der Waals surface area contributed by atoms with E-state index in [1.165, 1.54) is 14.2 Å². The summed E-state index contributed by atoms with van der Waals surface area (Å²) in [5, 5.41) is 7.58. The summed E-state index contributed by atoms with van der Waals surface area (Å²) >= 11 is 1.62. The van der Waals surface area contributed by atoms with Gasteiger partial charge in [-0.05, 0) is 46.8 Å². The standard InChI is InChI=1S/C20H22N3O4PS/c1-26-28(25,27-2)22-13-14-5-7-15(8-6-14)20(24)23-18-12-16(9-10-17(18)21)19-4-3-11-29-19/h3-12H,13,21H2,1-2H3,(H,22,25)(H,23,24). The second kappa shape index (κ2) is 9.35. The van der Waals surface area contributed by atoms with Crippen molar-refractivity contribution in [1.29, 1.82) is 0 Å². The van der Waals surface area contributed by atoms with Gasteiger partial charge in [-0.3, -0.25) is 4.79 Å². The van der Waals surface area contributed by atoms with Gasteiger partial charge in [0.25, 0.3) is 5.91 Å². The molecule has 0 fully saturated rings. The van der Waals surface area contributed by atoms with Crippen LogP contribution in [0.25, 0.3) is 10.4 Å². The molecule has 0 aliphatic rings. The number of amides is 1. The van der Waals surface area contributed by atoms with Crippen molar-refractivity contribution in [3.05, 3.63) is 71.1 Å². The number of hydrogen-bond acceptors (Lipinski definition) is 6. The Bertz CT molecular complexity index is 1010. The van der Waals surface area contributed by atoms with Crippen LogP contribution >= 0.6 is 19.1 Å². The smallest absolute Gasteiger partial charge is 0.397 e. The van der Waals surface area contributed by atoms with Crippen molar-refractivity contribution in [2.45, 2.75) is 6.54 Å². The van der Waals surface area contributed by atoms with Crippen LogP contribution in [-0.4, -0.2) is 20.1 Å². The number of nitrogens with two attached hydrogens (primary N) is 1. The summed E-state index contributed by atoms with van der Waals surface area (Å²) in [5.41, 5.74) is 9.39. The van der Waals surface area contributed by atoms with E-state index in [0.29, 0.717) is 16.9 Å². The second-order valence-electron chi connectivity index (χ2n) is 6.13. The molecule has 3 aromatic rings. The van der Waals surface area contributed by atoms with E-state index >= 15 is 0 Å². The van der Waals surface area contributed by atoms with Gasteiger partial charge in [-0.1, -0.05) is 24.3 Å². The minimum atomic E-state index is -3.30. The zero-order valence-electron chi connectivity index (χ0n) is 16.0. The van der Waals surface area contributed by atoms with Crippen LogP contribution in [0.4, 0.5) is 11.4 Å². The van der Waals surface area contributed by atoms with Gasteiger partial charge in [0.15, 0.2) is 0 Å². The largest absolute Gasteiger partial charge is 0.405 e. The summed E-state index contributed by atoms with van der Waals surface area (Å²) in [4.78, 5) is 13.7. The number of anilines is 2. The Hall–Kier alpha value is -2.48. The molecule has 0 saturated carbocycles. The summed E-state index contributed by atoms with van der Waals surface area (Å²) in [6.45, 7) is 0.274. The third kappa shape index (κ3) is 5.32. The molecular weight excluding hydrogens is 409 g/mol. The van der Waals surface area contributed by atoms with Gasteiger partial charge in [0.05, 0.1) is 11.4 Å². The Morgan fingerprint density at radius 3 is 2.45 bits per heavy atom. The number of thiophene rings is 1. The van der Waals surface area contributed by atoms with Crippen molar-refractivity contribution in [2.75, 3.05) is 25.3 Å².